The van der Waals surface area contributed by atoms with Gasteiger partial charge in [-0.1, -0.05) is 45.7 Å². The van der Waals surface area contributed by atoms with Crippen LogP contribution in [-0.4, -0.2) is 17.8 Å². The van der Waals surface area contributed by atoms with Crippen LogP contribution in [0.4, 0.5) is 0 Å². The number of aliphatic imine (C=N–C) groups is 1. The number of esters is 2. The molecule has 7 heteroatoms. The summed E-state index contributed by atoms with van der Waals surface area (Å²) in [7, 11) is 0. The Bertz CT molecular complexity index is 1180. The largest absolute Gasteiger partial charge is 0.422 e. The highest BCUT2D eigenvalue weighted by atomic mass is 79.9. The first-order valence-electron chi connectivity index (χ1n) is 8.85. The summed E-state index contributed by atoms with van der Waals surface area (Å²) in [6, 6.07) is 20.5. The number of hydrogen-bond donors (Lipinski definition) is 0. The average molecular weight is 483 g/mol. The van der Waals surface area contributed by atoms with Crippen molar-refractivity contribution in [2.24, 2.45) is 4.99 Å². The summed E-state index contributed by atoms with van der Waals surface area (Å²) in [5.74, 6) is -0.602. The molecule has 0 spiro atoms. The van der Waals surface area contributed by atoms with Crippen LogP contribution in [0.1, 0.15) is 21.5 Å². The van der Waals surface area contributed by atoms with Crippen LogP contribution in [0.15, 0.2) is 88.0 Å². The molecular formula is C23H13BrClNO4. The van der Waals surface area contributed by atoms with Crippen LogP contribution in [0.3, 0.4) is 0 Å². The molecule has 0 saturated heterocycles. The van der Waals surface area contributed by atoms with Gasteiger partial charge in [-0.3, -0.25) is 0 Å². The Kier molecular flexibility index (Phi) is 5.79. The van der Waals surface area contributed by atoms with Crippen molar-refractivity contribution in [2.75, 3.05) is 0 Å². The Labute approximate surface area is 185 Å². The Morgan fingerprint density at radius 1 is 1.00 bits per heavy atom. The van der Waals surface area contributed by atoms with Gasteiger partial charge >= 0.3 is 11.9 Å². The van der Waals surface area contributed by atoms with Crippen molar-refractivity contribution in [3.05, 3.63) is 105 Å². The van der Waals surface area contributed by atoms with Gasteiger partial charge in [-0.2, -0.15) is 0 Å². The molecule has 1 aliphatic rings. The zero-order valence-electron chi connectivity index (χ0n) is 15.3. The third-order valence-electron chi connectivity index (χ3n) is 4.21. The fourth-order valence-corrected chi connectivity index (χ4v) is 3.10. The lowest BCUT2D eigenvalue weighted by molar-refractivity contribution is -0.129. The van der Waals surface area contributed by atoms with Crippen molar-refractivity contribution in [1.29, 1.82) is 0 Å². The summed E-state index contributed by atoms with van der Waals surface area (Å²) in [4.78, 5) is 29.0. The molecule has 3 aromatic rings. The molecule has 0 saturated carbocycles. The summed E-state index contributed by atoms with van der Waals surface area (Å²) < 4.78 is 11.6. The normalized spacial score (nSPS) is 14.4. The van der Waals surface area contributed by atoms with Crippen LogP contribution >= 0.6 is 27.5 Å². The van der Waals surface area contributed by atoms with E-state index >= 15 is 0 Å². The topological polar surface area (TPSA) is 65.0 Å². The molecule has 3 aromatic carbocycles. The van der Waals surface area contributed by atoms with Gasteiger partial charge in [-0.25, -0.2) is 14.6 Å². The number of para-hydroxylation sites is 1. The molecular weight excluding hydrogens is 470 g/mol. The van der Waals surface area contributed by atoms with Crippen LogP contribution in [0.2, 0.25) is 5.02 Å². The number of rotatable bonds is 4. The van der Waals surface area contributed by atoms with Crippen LogP contribution in [0, 0.1) is 0 Å². The number of carbonyl (C=O) groups excluding carboxylic acids is 2. The van der Waals surface area contributed by atoms with Gasteiger partial charge in [0, 0.05) is 20.6 Å². The zero-order chi connectivity index (χ0) is 21.1. The minimum atomic E-state index is -0.589. The molecule has 4 rings (SSSR count). The SMILES string of the molecule is O=C1OC(c2ccc(Cl)cc2)=N/C1=C\c1ccccc1OC(=O)c1ccc(Br)cc1. The van der Waals surface area contributed by atoms with Crippen molar-refractivity contribution in [3.8, 4) is 5.75 Å². The Balaban J connectivity index is 1.61. The molecule has 1 heterocycles. The molecule has 30 heavy (non-hydrogen) atoms. The lowest BCUT2D eigenvalue weighted by Gasteiger charge is -2.07. The maximum Gasteiger partial charge on any atom is 0.363 e. The molecule has 0 aliphatic carbocycles. The minimum absolute atomic E-state index is 0.104. The molecule has 148 valence electrons. The molecule has 0 fully saturated rings. The molecule has 0 N–H and O–H groups in total. The lowest BCUT2D eigenvalue weighted by atomic mass is 10.1. The van der Waals surface area contributed by atoms with Gasteiger partial charge in [0.2, 0.25) is 5.90 Å². The molecule has 0 atom stereocenters. The predicted molar refractivity (Wildman–Crippen MR) is 118 cm³/mol. The maximum absolute atomic E-state index is 12.5. The second-order valence-electron chi connectivity index (χ2n) is 6.28. The fraction of sp³-hybridized carbons (Fsp3) is 0. The van der Waals surface area contributed by atoms with Crippen LogP contribution in [0.5, 0.6) is 5.75 Å². The van der Waals surface area contributed by atoms with Gasteiger partial charge in [-0.15, -0.1) is 0 Å². The summed E-state index contributed by atoms with van der Waals surface area (Å²) in [5.41, 5.74) is 1.66. The van der Waals surface area contributed by atoms with Crippen molar-refractivity contribution in [2.45, 2.75) is 0 Å². The quantitative estimate of drug-likeness (QED) is 0.273. The Morgan fingerprint density at radius 2 is 1.70 bits per heavy atom. The number of nitrogens with zero attached hydrogens (tertiary/aromatic N) is 1. The summed E-state index contributed by atoms with van der Waals surface area (Å²) >= 11 is 9.22. The van der Waals surface area contributed by atoms with E-state index in [-0.39, 0.29) is 11.6 Å². The molecule has 5 nitrogen and oxygen atoms in total. The number of hydrogen-bond acceptors (Lipinski definition) is 5. The molecule has 0 unspecified atom stereocenters. The number of cyclic esters (lactones) is 1. The Hall–Kier alpha value is -3.22. The van der Waals surface area contributed by atoms with E-state index < -0.39 is 11.9 Å². The summed E-state index contributed by atoms with van der Waals surface area (Å²) in [6.45, 7) is 0. The summed E-state index contributed by atoms with van der Waals surface area (Å²) in [5, 5.41) is 0.570. The highest BCUT2D eigenvalue weighted by Gasteiger charge is 2.24. The van der Waals surface area contributed by atoms with Crippen LogP contribution in [-0.2, 0) is 9.53 Å². The number of ether oxygens (including phenoxy) is 2. The third-order valence-corrected chi connectivity index (χ3v) is 4.99. The number of benzene rings is 3. The monoisotopic (exact) mass is 481 g/mol. The first kappa shape index (κ1) is 20.1. The second-order valence-corrected chi connectivity index (χ2v) is 7.63. The van der Waals surface area contributed by atoms with E-state index in [2.05, 4.69) is 20.9 Å². The highest BCUT2D eigenvalue weighted by molar-refractivity contribution is 9.10. The lowest BCUT2D eigenvalue weighted by Crippen LogP contribution is -2.09. The molecule has 0 radical (unpaired) electrons. The van der Waals surface area contributed by atoms with E-state index in [1.165, 1.54) is 6.08 Å². The third kappa shape index (κ3) is 4.50. The van der Waals surface area contributed by atoms with E-state index in [0.717, 1.165) is 4.47 Å². The van der Waals surface area contributed by atoms with Crippen molar-refractivity contribution < 1.29 is 19.1 Å². The first-order chi connectivity index (χ1) is 14.5. The Morgan fingerprint density at radius 3 is 2.43 bits per heavy atom. The van der Waals surface area contributed by atoms with E-state index in [4.69, 9.17) is 21.1 Å². The molecule has 0 aromatic heterocycles. The number of halogens is 2. The van der Waals surface area contributed by atoms with Crippen LogP contribution < -0.4 is 4.74 Å². The van der Waals surface area contributed by atoms with Gasteiger partial charge in [0.05, 0.1) is 5.56 Å². The fourth-order valence-electron chi connectivity index (χ4n) is 2.71. The maximum atomic E-state index is 12.5. The highest BCUT2D eigenvalue weighted by Crippen LogP contribution is 2.26. The van der Waals surface area contributed by atoms with Gasteiger partial charge in [-0.05, 0) is 60.7 Å². The molecule has 1 aliphatic heterocycles. The average Bonchev–Trinajstić information content (AvgIpc) is 3.10. The predicted octanol–water partition coefficient (Wildman–Crippen LogP) is 5.67. The van der Waals surface area contributed by atoms with Crippen molar-refractivity contribution >= 4 is 51.4 Å². The zero-order valence-corrected chi connectivity index (χ0v) is 17.7. The summed E-state index contributed by atoms with van der Waals surface area (Å²) in [6.07, 6.45) is 1.52. The van der Waals surface area contributed by atoms with Gasteiger partial charge < -0.3 is 9.47 Å². The molecule has 0 bridgehead atoms. The van der Waals surface area contributed by atoms with Crippen molar-refractivity contribution in [3.63, 3.8) is 0 Å². The van der Waals surface area contributed by atoms with E-state index in [0.29, 0.717) is 27.5 Å². The van der Waals surface area contributed by atoms with Crippen molar-refractivity contribution in [1.82, 2.24) is 0 Å². The van der Waals surface area contributed by atoms with E-state index in [1.807, 2.05) is 0 Å². The molecule has 0 amide bonds. The minimum Gasteiger partial charge on any atom is -0.422 e. The van der Waals surface area contributed by atoms with E-state index in [1.54, 1.807) is 72.8 Å². The number of carbonyl (C=O) groups is 2. The second kappa shape index (κ2) is 8.65. The smallest absolute Gasteiger partial charge is 0.363 e. The van der Waals surface area contributed by atoms with Gasteiger partial charge in [0.25, 0.3) is 0 Å². The van der Waals surface area contributed by atoms with Crippen LogP contribution in [0.25, 0.3) is 6.08 Å². The standard InChI is InChI=1S/C23H13BrClNO4/c24-17-9-5-15(6-10-17)22(27)29-20-4-2-1-3-16(20)13-19-23(28)30-21(26-19)14-7-11-18(25)12-8-14/h1-13H/b19-13-. The van der Waals surface area contributed by atoms with Gasteiger partial charge in [0.15, 0.2) is 5.70 Å². The first-order valence-corrected chi connectivity index (χ1v) is 10.0. The van der Waals surface area contributed by atoms with Gasteiger partial charge in [0.1, 0.15) is 5.75 Å². The van der Waals surface area contributed by atoms with E-state index in [9.17, 15) is 9.59 Å².